The molecule has 2 amide bonds. The van der Waals surface area contributed by atoms with Crippen LogP contribution in [0.15, 0.2) is 47.1 Å². The summed E-state index contributed by atoms with van der Waals surface area (Å²) in [6.07, 6.45) is 4.23. The Labute approximate surface area is 177 Å². The Morgan fingerprint density at radius 2 is 1.93 bits per heavy atom. The lowest BCUT2D eigenvalue weighted by molar-refractivity contribution is -0.131. The van der Waals surface area contributed by atoms with E-state index in [0.29, 0.717) is 16.3 Å². The van der Waals surface area contributed by atoms with Crippen molar-refractivity contribution in [2.24, 2.45) is 0 Å². The van der Waals surface area contributed by atoms with E-state index >= 15 is 0 Å². The van der Waals surface area contributed by atoms with Gasteiger partial charge in [-0.3, -0.25) is 14.4 Å². The number of anilines is 1. The smallest absolute Gasteiger partial charge is 0.308 e. The van der Waals surface area contributed by atoms with Crippen LogP contribution >= 0.6 is 11.3 Å². The zero-order valence-electron chi connectivity index (χ0n) is 16.3. The maximum absolute atomic E-state index is 12.9. The van der Waals surface area contributed by atoms with Crippen LogP contribution in [0.25, 0.3) is 0 Å². The topological polar surface area (TPSA) is 97.6 Å². The van der Waals surface area contributed by atoms with Gasteiger partial charge in [0.05, 0.1) is 23.9 Å². The van der Waals surface area contributed by atoms with Gasteiger partial charge >= 0.3 is 5.97 Å². The van der Waals surface area contributed by atoms with E-state index in [2.05, 4.69) is 10.6 Å². The molecular weight excluding hydrogens is 404 g/mol. The Kier molecular flexibility index (Phi) is 5.67. The summed E-state index contributed by atoms with van der Waals surface area (Å²) in [5.41, 5.74) is 1.71. The Morgan fingerprint density at radius 1 is 1.10 bits per heavy atom. The van der Waals surface area contributed by atoms with Crippen molar-refractivity contribution in [3.05, 3.63) is 70.0 Å². The van der Waals surface area contributed by atoms with Crippen LogP contribution in [-0.4, -0.2) is 17.8 Å². The van der Waals surface area contributed by atoms with Gasteiger partial charge in [0, 0.05) is 11.8 Å². The number of carbonyl (C=O) groups is 3. The van der Waals surface area contributed by atoms with E-state index in [9.17, 15) is 14.4 Å². The standard InChI is InChI=1S/C22H20N2O5S/c1-13(25)29-17-9-3-2-7-15(17)20(26)24-22-19(16-8-4-10-18(16)30-22)21(27)23-12-14-6-5-11-28-14/h2-3,5-7,9,11H,4,8,10,12H2,1H3,(H,23,27)(H,24,26). The molecule has 1 aliphatic carbocycles. The number of hydrogen-bond acceptors (Lipinski definition) is 6. The molecule has 2 heterocycles. The molecule has 1 aromatic carbocycles. The average Bonchev–Trinajstić information content (AvgIpc) is 3.43. The first-order valence-electron chi connectivity index (χ1n) is 9.57. The second kappa shape index (κ2) is 8.54. The molecule has 0 aliphatic heterocycles. The number of amides is 2. The fourth-order valence-electron chi connectivity index (χ4n) is 3.47. The highest BCUT2D eigenvalue weighted by Crippen LogP contribution is 2.39. The normalized spacial score (nSPS) is 12.3. The van der Waals surface area contributed by atoms with Crippen molar-refractivity contribution < 1.29 is 23.5 Å². The Balaban J connectivity index is 1.58. The quantitative estimate of drug-likeness (QED) is 0.461. The third kappa shape index (κ3) is 4.13. The number of nitrogens with one attached hydrogen (secondary N) is 2. The summed E-state index contributed by atoms with van der Waals surface area (Å²) in [5.74, 6) is -0.379. The molecule has 0 unspecified atom stereocenters. The molecule has 8 heteroatoms. The molecule has 30 heavy (non-hydrogen) atoms. The first kappa shape index (κ1) is 19.9. The number of aryl methyl sites for hydroxylation is 1. The summed E-state index contributed by atoms with van der Waals surface area (Å²) in [6.45, 7) is 1.54. The number of esters is 1. The van der Waals surface area contributed by atoms with Crippen LogP contribution in [0.1, 0.15) is 50.3 Å². The van der Waals surface area contributed by atoms with Gasteiger partial charge in [0.1, 0.15) is 16.5 Å². The Hall–Kier alpha value is -3.39. The zero-order valence-corrected chi connectivity index (χ0v) is 17.1. The molecule has 0 spiro atoms. The zero-order chi connectivity index (χ0) is 21.1. The summed E-state index contributed by atoms with van der Waals surface area (Å²) in [7, 11) is 0. The lowest BCUT2D eigenvalue weighted by atomic mass is 10.1. The number of carbonyl (C=O) groups excluding carboxylic acids is 3. The highest BCUT2D eigenvalue weighted by molar-refractivity contribution is 7.17. The fraction of sp³-hybridized carbons (Fsp3) is 0.227. The molecule has 4 rings (SSSR count). The number of para-hydroxylation sites is 1. The summed E-state index contributed by atoms with van der Waals surface area (Å²) in [6, 6.07) is 10.0. The van der Waals surface area contributed by atoms with E-state index in [1.807, 2.05) is 0 Å². The highest BCUT2D eigenvalue weighted by atomic mass is 32.1. The number of ether oxygens (including phenoxy) is 1. The number of thiophene rings is 1. The predicted molar refractivity (Wildman–Crippen MR) is 112 cm³/mol. The fourth-order valence-corrected chi connectivity index (χ4v) is 4.75. The van der Waals surface area contributed by atoms with Crippen molar-refractivity contribution in [2.75, 3.05) is 5.32 Å². The maximum atomic E-state index is 12.9. The van der Waals surface area contributed by atoms with Gasteiger partial charge in [-0.25, -0.2) is 0 Å². The SMILES string of the molecule is CC(=O)Oc1ccccc1C(=O)Nc1sc2c(c1C(=O)NCc1ccco1)CCC2. The number of fused-ring (bicyclic) bond motifs is 1. The molecule has 3 aromatic rings. The van der Waals surface area contributed by atoms with Crippen molar-refractivity contribution >= 4 is 34.1 Å². The lowest BCUT2D eigenvalue weighted by Crippen LogP contribution is -2.25. The molecule has 1 aliphatic rings. The van der Waals surface area contributed by atoms with Crippen LogP contribution in [-0.2, 0) is 24.2 Å². The number of rotatable bonds is 6. The summed E-state index contributed by atoms with van der Waals surface area (Å²) < 4.78 is 10.4. The van der Waals surface area contributed by atoms with Gasteiger partial charge in [0.15, 0.2) is 0 Å². The van der Waals surface area contributed by atoms with E-state index < -0.39 is 11.9 Å². The number of benzene rings is 1. The van der Waals surface area contributed by atoms with Gasteiger partial charge in [-0.1, -0.05) is 12.1 Å². The van der Waals surface area contributed by atoms with Crippen molar-refractivity contribution in [3.63, 3.8) is 0 Å². The van der Waals surface area contributed by atoms with Crippen molar-refractivity contribution in [1.29, 1.82) is 0 Å². The summed E-state index contributed by atoms with van der Waals surface area (Å²) in [4.78, 5) is 38.3. The van der Waals surface area contributed by atoms with E-state index in [1.165, 1.54) is 18.3 Å². The second-order valence-corrected chi connectivity index (χ2v) is 7.97. The van der Waals surface area contributed by atoms with Crippen LogP contribution in [0.2, 0.25) is 0 Å². The van der Waals surface area contributed by atoms with Crippen LogP contribution in [0.3, 0.4) is 0 Å². The van der Waals surface area contributed by atoms with Gasteiger partial charge in [-0.05, 0) is 49.1 Å². The van der Waals surface area contributed by atoms with Crippen molar-refractivity contribution in [1.82, 2.24) is 5.32 Å². The molecule has 0 fully saturated rings. The number of furan rings is 1. The average molecular weight is 424 g/mol. The third-order valence-electron chi connectivity index (χ3n) is 4.76. The van der Waals surface area contributed by atoms with Crippen LogP contribution < -0.4 is 15.4 Å². The molecule has 0 bridgehead atoms. The minimum Gasteiger partial charge on any atom is -0.467 e. The molecule has 0 atom stereocenters. The molecule has 0 radical (unpaired) electrons. The van der Waals surface area contributed by atoms with E-state index in [-0.39, 0.29) is 23.8 Å². The maximum Gasteiger partial charge on any atom is 0.308 e. The summed E-state index contributed by atoms with van der Waals surface area (Å²) >= 11 is 1.42. The largest absolute Gasteiger partial charge is 0.467 e. The number of hydrogen-bond donors (Lipinski definition) is 2. The van der Waals surface area contributed by atoms with Crippen LogP contribution in [0.4, 0.5) is 5.00 Å². The van der Waals surface area contributed by atoms with Crippen LogP contribution in [0.5, 0.6) is 5.75 Å². The minimum absolute atomic E-state index is 0.176. The van der Waals surface area contributed by atoms with E-state index in [4.69, 9.17) is 9.15 Å². The first-order chi connectivity index (χ1) is 14.5. The van der Waals surface area contributed by atoms with Gasteiger partial charge in [0.25, 0.3) is 11.8 Å². The monoisotopic (exact) mass is 424 g/mol. The van der Waals surface area contributed by atoms with Gasteiger partial charge in [0.2, 0.25) is 0 Å². The van der Waals surface area contributed by atoms with Gasteiger partial charge in [-0.15, -0.1) is 11.3 Å². The molecule has 2 N–H and O–H groups in total. The molecule has 0 saturated heterocycles. The summed E-state index contributed by atoms with van der Waals surface area (Å²) in [5, 5.41) is 6.21. The minimum atomic E-state index is -0.511. The molecule has 7 nitrogen and oxygen atoms in total. The van der Waals surface area contributed by atoms with Crippen molar-refractivity contribution in [3.8, 4) is 5.75 Å². The molecule has 0 saturated carbocycles. The Bertz CT molecular complexity index is 1100. The van der Waals surface area contributed by atoms with Gasteiger partial charge in [-0.2, -0.15) is 0 Å². The van der Waals surface area contributed by atoms with Crippen molar-refractivity contribution in [2.45, 2.75) is 32.7 Å². The predicted octanol–water partition coefficient (Wildman–Crippen LogP) is 3.94. The highest BCUT2D eigenvalue weighted by Gasteiger charge is 2.28. The molecule has 2 aromatic heterocycles. The Morgan fingerprint density at radius 3 is 2.70 bits per heavy atom. The molecule has 154 valence electrons. The first-order valence-corrected chi connectivity index (χ1v) is 10.4. The lowest BCUT2D eigenvalue weighted by Gasteiger charge is -2.11. The van der Waals surface area contributed by atoms with Crippen LogP contribution in [0, 0.1) is 0 Å². The van der Waals surface area contributed by atoms with E-state index in [0.717, 1.165) is 29.7 Å². The third-order valence-corrected chi connectivity index (χ3v) is 5.97. The second-order valence-electron chi connectivity index (χ2n) is 6.87. The molecular formula is C22H20N2O5S. The van der Waals surface area contributed by atoms with Gasteiger partial charge < -0.3 is 19.8 Å². The van der Waals surface area contributed by atoms with E-state index in [1.54, 1.807) is 42.7 Å².